The van der Waals surface area contributed by atoms with E-state index < -0.39 is 10.3 Å². The van der Waals surface area contributed by atoms with Gasteiger partial charge in [-0.25, -0.2) is 4.79 Å². The summed E-state index contributed by atoms with van der Waals surface area (Å²) >= 11 is 1.75. The lowest BCUT2D eigenvalue weighted by molar-refractivity contribution is -0.133. The Bertz CT molecular complexity index is 755. The fraction of sp³-hybridized carbons (Fsp3) is 0.680. The van der Waals surface area contributed by atoms with E-state index in [9.17, 15) is 14.7 Å². The standard InChI is InChI=1S/C25H37NO4S/c1-4-30-22(27)20-13-11-19(12-14-20)9-8-10-21-26(23(28)24(2,3)31-21)18-17-25(29)15-6-5-7-16-25/h11-14,21,29H,4-10,15-18H2,1-3H3. The maximum Gasteiger partial charge on any atom is 0.338 e. The van der Waals surface area contributed by atoms with Crippen LogP contribution in [0.1, 0.15) is 88.1 Å². The molecule has 1 aromatic rings. The summed E-state index contributed by atoms with van der Waals surface area (Å²) in [6, 6.07) is 7.61. The van der Waals surface area contributed by atoms with Crippen molar-refractivity contribution in [1.29, 1.82) is 0 Å². The number of ether oxygens (including phenoxy) is 1. The Labute approximate surface area is 190 Å². The molecule has 1 N–H and O–H groups in total. The molecular formula is C25H37NO4S. The van der Waals surface area contributed by atoms with Gasteiger partial charge in [0.15, 0.2) is 0 Å². The van der Waals surface area contributed by atoms with Crippen LogP contribution in [-0.2, 0) is 16.0 Å². The number of hydrogen-bond acceptors (Lipinski definition) is 5. The molecule has 1 heterocycles. The quantitative estimate of drug-likeness (QED) is 0.543. The molecule has 172 valence electrons. The second-order valence-electron chi connectivity index (χ2n) is 9.43. The highest BCUT2D eigenvalue weighted by Gasteiger charge is 2.46. The smallest absolute Gasteiger partial charge is 0.338 e. The fourth-order valence-corrected chi connectivity index (χ4v) is 6.19. The van der Waals surface area contributed by atoms with Crippen molar-refractivity contribution in [3.63, 3.8) is 0 Å². The fourth-order valence-electron chi connectivity index (χ4n) is 4.68. The summed E-state index contributed by atoms with van der Waals surface area (Å²) < 4.78 is 4.63. The first-order valence-corrected chi connectivity index (χ1v) is 12.6. The maximum absolute atomic E-state index is 13.0. The number of aryl methyl sites for hydroxylation is 1. The van der Waals surface area contributed by atoms with Gasteiger partial charge >= 0.3 is 5.97 Å². The SMILES string of the molecule is CCOC(=O)c1ccc(CCCC2SC(C)(C)C(=O)N2CCC2(O)CCCCC2)cc1. The minimum Gasteiger partial charge on any atom is -0.462 e. The van der Waals surface area contributed by atoms with Crippen LogP contribution in [0.5, 0.6) is 0 Å². The zero-order valence-electron chi connectivity index (χ0n) is 19.2. The Kier molecular flexibility index (Phi) is 8.08. The van der Waals surface area contributed by atoms with Crippen molar-refractivity contribution < 1.29 is 19.4 Å². The van der Waals surface area contributed by atoms with Crippen LogP contribution in [0.3, 0.4) is 0 Å². The molecule has 1 saturated heterocycles. The Morgan fingerprint density at radius 2 is 1.87 bits per heavy atom. The van der Waals surface area contributed by atoms with Crippen LogP contribution in [0.2, 0.25) is 0 Å². The highest BCUT2D eigenvalue weighted by molar-refractivity contribution is 8.02. The molecule has 0 radical (unpaired) electrons. The van der Waals surface area contributed by atoms with Crippen molar-refractivity contribution in [3.8, 4) is 0 Å². The Hall–Kier alpha value is -1.53. The molecule has 0 aromatic heterocycles. The number of carbonyl (C=O) groups excluding carboxylic acids is 2. The summed E-state index contributed by atoms with van der Waals surface area (Å²) in [5.41, 5.74) is 1.17. The number of aliphatic hydroxyl groups is 1. The lowest BCUT2D eigenvalue weighted by atomic mass is 9.82. The predicted molar refractivity (Wildman–Crippen MR) is 125 cm³/mol. The summed E-state index contributed by atoms with van der Waals surface area (Å²) in [6.45, 7) is 6.85. The molecule has 2 aliphatic rings. The molecule has 1 aliphatic heterocycles. The average molecular weight is 448 g/mol. The molecular weight excluding hydrogens is 410 g/mol. The number of benzene rings is 1. The largest absolute Gasteiger partial charge is 0.462 e. The Morgan fingerprint density at radius 3 is 2.52 bits per heavy atom. The van der Waals surface area contributed by atoms with Crippen LogP contribution < -0.4 is 0 Å². The first-order chi connectivity index (χ1) is 14.7. The van der Waals surface area contributed by atoms with E-state index in [4.69, 9.17) is 4.74 Å². The molecule has 1 amide bonds. The highest BCUT2D eigenvalue weighted by atomic mass is 32.2. The van der Waals surface area contributed by atoms with Crippen molar-refractivity contribution in [2.45, 2.75) is 94.3 Å². The average Bonchev–Trinajstić information content (AvgIpc) is 2.96. The van der Waals surface area contributed by atoms with Gasteiger partial charge in [0.2, 0.25) is 5.91 Å². The molecule has 2 fully saturated rings. The van der Waals surface area contributed by atoms with Gasteiger partial charge in [0.05, 0.1) is 27.9 Å². The van der Waals surface area contributed by atoms with Crippen molar-refractivity contribution in [2.24, 2.45) is 0 Å². The second kappa shape index (κ2) is 10.4. The third kappa shape index (κ3) is 6.26. The number of esters is 1. The van der Waals surface area contributed by atoms with E-state index in [1.54, 1.807) is 18.7 Å². The van der Waals surface area contributed by atoms with Crippen LogP contribution in [0.15, 0.2) is 24.3 Å². The zero-order valence-corrected chi connectivity index (χ0v) is 20.0. The third-order valence-corrected chi connectivity index (χ3v) is 8.06. The van der Waals surface area contributed by atoms with Gasteiger partial charge in [-0.3, -0.25) is 4.79 Å². The maximum atomic E-state index is 13.0. The van der Waals surface area contributed by atoms with Crippen LogP contribution in [0.4, 0.5) is 0 Å². The second-order valence-corrected chi connectivity index (χ2v) is 11.2. The molecule has 31 heavy (non-hydrogen) atoms. The van der Waals surface area contributed by atoms with Crippen LogP contribution in [-0.4, -0.2) is 50.8 Å². The molecule has 1 aliphatic carbocycles. The third-order valence-electron chi connectivity index (χ3n) is 6.54. The van der Waals surface area contributed by atoms with E-state index in [1.807, 2.05) is 43.0 Å². The van der Waals surface area contributed by atoms with Crippen molar-refractivity contribution >= 4 is 23.6 Å². The predicted octanol–water partition coefficient (Wildman–Crippen LogP) is 4.95. The summed E-state index contributed by atoms with van der Waals surface area (Å²) in [4.78, 5) is 26.8. The lowest BCUT2D eigenvalue weighted by Crippen LogP contribution is -2.42. The highest BCUT2D eigenvalue weighted by Crippen LogP contribution is 2.43. The first kappa shape index (κ1) is 24.1. The molecule has 0 bridgehead atoms. The van der Waals surface area contributed by atoms with Crippen molar-refractivity contribution in [3.05, 3.63) is 35.4 Å². The topological polar surface area (TPSA) is 66.8 Å². The minimum absolute atomic E-state index is 0.161. The number of rotatable bonds is 9. The molecule has 1 aromatic carbocycles. The van der Waals surface area contributed by atoms with E-state index in [2.05, 4.69) is 0 Å². The monoisotopic (exact) mass is 447 g/mol. The van der Waals surface area contributed by atoms with Gasteiger partial charge in [0.25, 0.3) is 0 Å². The van der Waals surface area contributed by atoms with E-state index in [1.165, 1.54) is 12.0 Å². The molecule has 6 heteroatoms. The summed E-state index contributed by atoms with van der Waals surface area (Å²) in [7, 11) is 0. The number of carbonyl (C=O) groups is 2. The van der Waals surface area contributed by atoms with Gasteiger partial charge in [-0.1, -0.05) is 31.4 Å². The van der Waals surface area contributed by atoms with Gasteiger partial charge < -0.3 is 14.7 Å². The Balaban J connectivity index is 1.53. The van der Waals surface area contributed by atoms with Crippen molar-refractivity contribution in [2.75, 3.05) is 13.2 Å². The van der Waals surface area contributed by atoms with Crippen LogP contribution >= 0.6 is 11.8 Å². The van der Waals surface area contributed by atoms with Crippen molar-refractivity contribution in [1.82, 2.24) is 4.90 Å². The van der Waals surface area contributed by atoms with E-state index in [0.717, 1.165) is 44.9 Å². The number of nitrogens with zero attached hydrogens (tertiary/aromatic N) is 1. The molecule has 1 atom stereocenters. The van der Waals surface area contributed by atoms with Crippen LogP contribution in [0.25, 0.3) is 0 Å². The van der Waals surface area contributed by atoms with Gasteiger partial charge in [-0.2, -0.15) is 0 Å². The van der Waals surface area contributed by atoms with Gasteiger partial charge in [0, 0.05) is 6.54 Å². The summed E-state index contributed by atoms with van der Waals surface area (Å²) in [5, 5.41) is 11.0. The molecule has 5 nitrogen and oxygen atoms in total. The lowest BCUT2D eigenvalue weighted by Gasteiger charge is -2.34. The van der Waals surface area contributed by atoms with Crippen LogP contribution in [0, 0.1) is 0 Å². The summed E-state index contributed by atoms with van der Waals surface area (Å²) in [5.74, 6) is -0.0897. The number of amides is 1. The first-order valence-electron chi connectivity index (χ1n) is 11.7. The van der Waals surface area contributed by atoms with Gasteiger partial charge in [0.1, 0.15) is 0 Å². The van der Waals surface area contributed by atoms with E-state index in [-0.39, 0.29) is 17.3 Å². The molecule has 1 saturated carbocycles. The molecule has 3 rings (SSSR count). The summed E-state index contributed by atoms with van der Waals surface area (Å²) in [6.07, 6.45) is 8.59. The minimum atomic E-state index is -0.596. The van der Waals surface area contributed by atoms with E-state index in [0.29, 0.717) is 25.1 Å². The van der Waals surface area contributed by atoms with E-state index >= 15 is 0 Å². The Morgan fingerprint density at radius 1 is 1.19 bits per heavy atom. The zero-order chi connectivity index (χ0) is 22.5. The number of hydrogen-bond donors (Lipinski definition) is 1. The normalized spacial score (nSPS) is 22.5. The van der Waals surface area contributed by atoms with Gasteiger partial charge in [-0.15, -0.1) is 11.8 Å². The van der Waals surface area contributed by atoms with Gasteiger partial charge in [-0.05, 0) is 77.0 Å². The molecule has 1 unspecified atom stereocenters. The number of thioether (sulfide) groups is 1. The molecule has 0 spiro atoms.